The number of carbonyl (C=O) groups excluding carboxylic acids is 1. The van der Waals surface area contributed by atoms with Gasteiger partial charge in [0.15, 0.2) is 0 Å². The van der Waals surface area contributed by atoms with E-state index < -0.39 is 0 Å². The molecule has 2 N–H and O–H groups in total. The number of rotatable bonds is 3. The Hall–Kier alpha value is -1.06. The predicted molar refractivity (Wildman–Crippen MR) is 88.0 cm³/mol. The van der Waals surface area contributed by atoms with Crippen LogP contribution < -0.4 is 10.6 Å². The molecule has 0 aromatic heterocycles. The van der Waals surface area contributed by atoms with Crippen LogP contribution in [0, 0.1) is 6.92 Å². The smallest absolute Gasteiger partial charge is 0.230 e. The Morgan fingerprint density at radius 1 is 1.33 bits per heavy atom. The van der Waals surface area contributed by atoms with E-state index in [0.29, 0.717) is 6.04 Å². The van der Waals surface area contributed by atoms with Crippen LogP contribution >= 0.6 is 12.4 Å². The highest BCUT2D eigenvalue weighted by Crippen LogP contribution is 2.41. The lowest BCUT2D eigenvalue weighted by atomic mass is 9.77. The summed E-state index contributed by atoms with van der Waals surface area (Å²) in [4.78, 5) is 12.9. The first-order valence-electron chi connectivity index (χ1n) is 7.79. The van der Waals surface area contributed by atoms with E-state index >= 15 is 0 Å². The Kier molecular flexibility index (Phi) is 5.28. The van der Waals surface area contributed by atoms with Gasteiger partial charge >= 0.3 is 0 Å². The highest BCUT2D eigenvalue weighted by Gasteiger charge is 2.43. The molecule has 1 aliphatic heterocycles. The van der Waals surface area contributed by atoms with Crippen LogP contribution in [0.25, 0.3) is 0 Å². The molecule has 2 aliphatic rings. The van der Waals surface area contributed by atoms with Gasteiger partial charge in [0.25, 0.3) is 0 Å². The number of nitrogens with one attached hydrogen (secondary N) is 2. The molecule has 3 nitrogen and oxygen atoms in total. The number of halogens is 1. The van der Waals surface area contributed by atoms with E-state index in [-0.39, 0.29) is 23.7 Å². The van der Waals surface area contributed by atoms with Gasteiger partial charge in [-0.3, -0.25) is 4.79 Å². The lowest BCUT2D eigenvalue weighted by Gasteiger charge is -2.30. The summed E-state index contributed by atoms with van der Waals surface area (Å²) in [6.07, 6.45) is 5.34. The van der Waals surface area contributed by atoms with Crippen molar-refractivity contribution in [3.8, 4) is 0 Å². The zero-order valence-corrected chi connectivity index (χ0v) is 13.5. The molecule has 1 amide bonds. The number of aryl methyl sites for hydroxylation is 1. The number of carbonyl (C=O) groups is 1. The molecule has 116 valence electrons. The first kappa shape index (κ1) is 16.3. The average molecular weight is 309 g/mol. The maximum atomic E-state index is 12.9. The van der Waals surface area contributed by atoms with Crippen LogP contribution in [0.3, 0.4) is 0 Å². The molecule has 1 heterocycles. The second-order valence-electron chi connectivity index (χ2n) is 6.32. The molecule has 4 heteroatoms. The van der Waals surface area contributed by atoms with Crippen molar-refractivity contribution in [2.45, 2.75) is 50.5 Å². The Labute approximate surface area is 133 Å². The van der Waals surface area contributed by atoms with Crippen molar-refractivity contribution in [3.05, 3.63) is 35.4 Å². The van der Waals surface area contributed by atoms with E-state index in [2.05, 4.69) is 41.8 Å². The third-order valence-electron chi connectivity index (χ3n) is 4.86. The maximum Gasteiger partial charge on any atom is 0.230 e. The average Bonchev–Trinajstić information content (AvgIpc) is 3.10. The largest absolute Gasteiger partial charge is 0.351 e. The van der Waals surface area contributed by atoms with Crippen LogP contribution in [0.2, 0.25) is 0 Å². The number of amides is 1. The number of hydrogen-bond donors (Lipinski definition) is 2. The Bertz CT molecular complexity index is 491. The van der Waals surface area contributed by atoms with Crippen molar-refractivity contribution >= 4 is 18.3 Å². The van der Waals surface area contributed by atoms with Gasteiger partial charge in [0.05, 0.1) is 5.41 Å². The summed E-state index contributed by atoms with van der Waals surface area (Å²) in [6, 6.07) is 8.81. The summed E-state index contributed by atoms with van der Waals surface area (Å²) in [7, 11) is 0. The lowest BCUT2D eigenvalue weighted by molar-refractivity contribution is -0.127. The van der Waals surface area contributed by atoms with Crippen LogP contribution in [0.4, 0.5) is 0 Å². The van der Waals surface area contributed by atoms with Gasteiger partial charge in [-0.05, 0) is 38.3 Å². The molecule has 1 aromatic carbocycles. The number of hydrogen-bond acceptors (Lipinski definition) is 2. The second kappa shape index (κ2) is 6.80. The Balaban J connectivity index is 0.00000161. The molecule has 1 saturated carbocycles. The third kappa shape index (κ3) is 3.24. The first-order valence-corrected chi connectivity index (χ1v) is 7.79. The van der Waals surface area contributed by atoms with E-state index in [0.717, 1.165) is 45.2 Å². The van der Waals surface area contributed by atoms with Gasteiger partial charge in [0.1, 0.15) is 0 Å². The fourth-order valence-electron chi connectivity index (χ4n) is 3.67. The minimum atomic E-state index is -0.283. The van der Waals surface area contributed by atoms with Gasteiger partial charge in [0, 0.05) is 12.6 Å². The highest BCUT2D eigenvalue weighted by molar-refractivity contribution is 5.89. The van der Waals surface area contributed by atoms with Gasteiger partial charge in [0.2, 0.25) is 5.91 Å². The van der Waals surface area contributed by atoms with Gasteiger partial charge in [-0.25, -0.2) is 0 Å². The van der Waals surface area contributed by atoms with Crippen molar-refractivity contribution in [1.29, 1.82) is 0 Å². The quantitative estimate of drug-likeness (QED) is 0.901. The maximum absolute atomic E-state index is 12.9. The fraction of sp³-hybridized carbons (Fsp3) is 0.588. The van der Waals surface area contributed by atoms with Crippen molar-refractivity contribution in [2.75, 3.05) is 13.1 Å². The van der Waals surface area contributed by atoms with Crippen molar-refractivity contribution in [1.82, 2.24) is 10.6 Å². The molecule has 1 saturated heterocycles. The summed E-state index contributed by atoms with van der Waals surface area (Å²) in [5, 5.41) is 6.59. The molecular formula is C17H25ClN2O. The van der Waals surface area contributed by atoms with Crippen LogP contribution in [-0.2, 0) is 10.2 Å². The number of benzene rings is 1. The summed E-state index contributed by atoms with van der Waals surface area (Å²) < 4.78 is 0. The zero-order valence-electron chi connectivity index (χ0n) is 12.7. The Morgan fingerprint density at radius 3 is 2.71 bits per heavy atom. The van der Waals surface area contributed by atoms with Gasteiger partial charge in [-0.15, -0.1) is 12.4 Å². The van der Waals surface area contributed by atoms with Crippen molar-refractivity contribution in [3.63, 3.8) is 0 Å². The summed E-state index contributed by atoms with van der Waals surface area (Å²) >= 11 is 0. The molecule has 1 unspecified atom stereocenters. The van der Waals surface area contributed by atoms with Crippen molar-refractivity contribution < 1.29 is 4.79 Å². The van der Waals surface area contributed by atoms with Gasteiger partial charge in [-0.1, -0.05) is 42.7 Å². The molecule has 1 atom stereocenters. The molecule has 0 radical (unpaired) electrons. The van der Waals surface area contributed by atoms with E-state index in [1.807, 2.05) is 0 Å². The molecule has 1 aliphatic carbocycles. The van der Waals surface area contributed by atoms with Crippen LogP contribution in [0.15, 0.2) is 24.3 Å². The Morgan fingerprint density at radius 2 is 2.10 bits per heavy atom. The predicted octanol–water partition coefficient (Wildman–Crippen LogP) is 2.71. The monoisotopic (exact) mass is 308 g/mol. The molecule has 0 spiro atoms. The second-order valence-corrected chi connectivity index (χ2v) is 6.32. The summed E-state index contributed by atoms with van der Waals surface area (Å²) in [5.41, 5.74) is 2.16. The van der Waals surface area contributed by atoms with E-state index in [1.54, 1.807) is 0 Å². The van der Waals surface area contributed by atoms with E-state index in [9.17, 15) is 4.79 Å². The first-order chi connectivity index (χ1) is 9.71. The van der Waals surface area contributed by atoms with E-state index in [4.69, 9.17) is 0 Å². The van der Waals surface area contributed by atoms with Crippen molar-refractivity contribution in [2.24, 2.45) is 0 Å². The zero-order chi connectivity index (χ0) is 14.0. The van der Waals surface area contributed by atoms with E-state index in [1.165, 1.54) is 11.1 Å². The molecule has 0 bridgehead atoms. The molecule has 2 fully saturated rings. The van der Waals surface area contributed by atoms with Crippen LogP contribution in [0.5, 0.6) is 0 Å². The summed E-state index contributed by atoms with van der Waals surface area (Å²) in [6.45, 7) is 4.03. The minimum absolute atomic E-state index is 0. The minimum Gasteiger partial charge on any atom is -0.351 e. The van der Waals surface area contributed by atoms with Gasteiger partial charge < -0.3 is 10.6 Å². The van der Waals surface area contributed by atoms with Crippen LogP contribution in [-0.4, -0.2) is 25.0 Å². The molecule has 21 heavy (non-hydrogen) atoms. The fourth-order valence-corrected chi connectivity index (χ4v) is 3.67. The van der Waals surface area contributed by atoms with Gasteiger partial charge in [-0.2, -0.15) is 0 Å². The lowest BCUT2D eigenvalue weighted by Crippen LogP contribution is -2.47. The molecular weight excluding hydrogens is 284 g/mol. The topological polar surface area (TPSA) is 41.1 Å². The van der Waals surface area contributed by atoms with Crippen LogP contribution in [0.1, 0.15) is 43.2 Å². The molecule has 1 aromatic rings. The normalized spacial score (nSPS) is 23.6. The molecule has 3 rings (SSSR count). The third-order valence-corrected chi connectivity index (χ3v) is 4.86. The highest BCUT2D eigenvalue weighted by atomic mass is 35.5. The summed E-state index contributed by atoms with van der Waals surface area (Å²) in [5.74, 6) is 0.245. The standard InChI is InChI=1S/C17H24N2O.ClH/c1-13-5-4-6-14(11-13)17(8-2-3-9-17)16(20)19-15-7-10-18-12-15;/h4-6,11,15,18H,2-3,7-10,12H2,1H3,(H,19,20);1H. The SMILES string of the molecule is Cc1cccc(C2(C(=O)NC3CCNC3)CCCC2)c1.Cl.